The smallest absolute Gasteiger partial charge is 0.326 e. The van der Waals surface area contributed by atoms with Crippen molar-refractivity contribution in [2.75, 3.05) is 11.5 Å². The molecular weight excluding hydrogens is 438 g/mol. The molecule has 0 spiro atoms. The molecule has 0 saturated carbocycles. The minimum atomic E-state index is -1.25. The first kappa shape index (κ1) is 23.5. The molecule has 0 fully saturated rings. The van der Waals surface area contributed by atoms with Crippen LogP contribution >= 0.6 is 0 Å². The third kappa shape index (κ3) is 5.11. The highest BCUT2D eigenvalue weighted by Gasteiger charge is 2.30. The van der Waals surface area contributed by atoms with Gasteiger partial charge in [-0.1, -0.05) is 6.07 Å². The van der Waals surface area contributed by atoms with Gasteiger partial charge in [-0.05, 0) is 80.0 Å². The van der Waals surface area contributed by atoms with Gasteiger partial charge in [0, 0.05) is 17.5 Å². The van der Waals surface area contributed by atoms with Crippen molar-refractivity contribution < 1.29 is 24.6 Å². The SMILES string of the molecule is Nc1nc(N)c2c(n1)CCC2CCC1Cc2ccc(C(=O)N[C@@H](CCC(=O)O)C(=O)O)cc2C1. The van der Waals surface area contributed by atoms with Crippen LogP contribution in [0.2, 0.25) is 0 Å². The fraction of sp³-hybridized carbons (Fsp3) is 0.458. The quantitative estimate of drug-likeness (QED) is 0.368. The molecule has 2 unspecified atom stereocenters. The molecule has 180 valence electrons. The zero-order valence-corrected chi connectivity index (χ0v) is 18.8. The number of aliphatic carboxylic acids is 2. The number of nitrogens with zero attached hydrogens (tertiary/aromatic N) is 2. The first-order valence-electron chi connectivity index (χ1n) is 11.5. The Morgan fingerprint density at radius 3 is 2.59 bits per heavy atom. The lowest BCUT2D eigenvalue weighted by Crippen LogP contribution is -2.41. The second-order valence-corrected chi connectivity index (χ2v) is 9.19. The zero-order valence-electron chi connectivity index (χ0n) is 18.8. The highest BCUT2D eigenvalue weighted by molar-refractivity contribution is 5.97. The van der Waals surface area contributed by atoms with Crippen LogP contribution in [0.15, 0.2) is 18.2 Å². The molecular formula is C24H29N5O5. The second-order valence-electron chi connectivity index (χ2n) is 9.19. The molecule has 1 amide bonds. The van der Waals surface area contributed by atoms with E-state index in [2.05, 4.69) is 15.3 Å². The van der Waals surface area contributed by atoms with Crippen LogP contribution in [0.4, 0.5) is 11.8 Å². The monoisotopic (exact) mass is 467 g/mol. The summed E-state index contributed by atoms with van der Waals surface area (Å²) in [5, 5.41) is 20.5. The molecule has 1 aromatic carbocycles. The molecule has 34 heavy (non-hydrogen) atoms. The first-order valence-corrected chi connectivity index (χ1v) is 11.5. The number of carboxylic acid groups (broad SMARTS) is 2. The van der Waals surface area contributed by atoms with Gasteiger partial charge in [0.05, 0.1) is 5.69 Å². The van der Waals surface area contributed by atoms with Crippen LogP contribution < -0.4 is 16.8 Å². The van der Waals surface area contributed by atoms with Crippen LogP contribution in [0, 0.1) is 5.92 Å². The van der Waals surface area contributed by atoms with Crippen molar-refractivity contribution in [3.63, 3.8) is 0 Å². The lowest BCUT2D eigenvalue weighted by Gasteiger charge is -2.16. The van der Waals surface area contributed by atoms with E-state index in [1.165, 1.54) is 5.56 Å². The van der Waals surface area contributed by atoms with Gasteiger partial charge in [-0.2, -0.15) is 4.98 Å². The molecule has 4 rings (SSSR count). The molecule has 2 aliphatic rings. The molecule has 7 N–H and O–H groups in total. The van der Waals surface area contributed by atoms with Gasteiger partial charge in [0.1, 0.15) is 11.9 Å². The summed E-state index contributed by atoms with van der Waals surface area (Å²) in [7, 11) is 0. The van der Waals surface area contributed by atoms with Crippen molar-refractivity contribution in [1.82, 2.24) is 15.3 Å². The number of aryl methyl sites for hydroxylation is 1. The number of carboxylic acids is 2. The molecule has 2 aliphatic carbocycles. The number of anilines is 2. The maximum atomic E-state index is 12.6. The predicted molar refractivity (Wildman–Crippen MR) is 124 cm³/mol. The van der Waals surface area contributed by atoms with Crippen LogP contribution in [-0.2, 0) is 28.9 Å². The van der Waals surface area contributed by atoms with Gasteiger partial charge in [-0.15, -0.1) is 0 Å². The van der Waals surface area contributed by atoms with Crippen LogP contribution in [0.25, 0.3) is 0 Å². The van der Waals surface area contributed by atoms with E-state index >= 15 is 0 Å². The van der Waals surface area contributed by atoms with E-state index in [-0.39, 0.29) is 18.8 Å². The van der Waals surface area contributed by atoms with E-state index in [9.17, 15) is 19.5 Å². The fourth-order valence-corrected chi connectivity index (χ4v) is 5.19. The lowest BCUT2D eigenvalue weighted by molar-refractivity contribution is -0.140. The zero-order chi connectivity index (χ0) is 24.4. The standard InChI is InChI=1S/C24H29N5O5/c25-21-20-13(5-6-17(20)28-24(26)29-21)2-1-12-9-14-3-4-15(11-16(14)10-12)22(32)27-18(23(33)34)7-8-19(30)31/h3-4,11-13,18H,1-2,5-10H2,(H,27,32)(H,30,31)(H,33,34)(H4,25,26,28,29)/t12?,13?,18-/m0/s1. The van der Waals surface area contributed by atoms with E-state index in [0.717, 1.165) is 55.3 Å². The Hall–Kier alpha value is -3.69. The average molecular weight is 468 g/mol. The van der Waals surface area contributed by atoms with Gasteiger partial charge in [0.25, 0.3) is 5.91 Å². The maximum absolute atomic E-state index is 12.6. The van der Waals surface area contributed by atoms with Crippen LogP contribution in [-0.4, -0.2) is 44.1 Å². The lowest BCUT2D eigenvalue weighted by atomic mass is 9.91. The van der Waals surface area contributed by atoms with E-state index < -0.39 is 23.9 Å². The number of carbonyl (C=O) groups is 3. The summed E-state index contributed by atoms with van der Waals surface area (Å²) < 4.78 is 0. The second kappa shape index (κ2) is 9.66. The van der Waals surface area contributed by atoms with Gasteiger partial charge in [0.15, 0.2) is 0 Å². The summed E-state index contributed by atoms with van der Waals surface area (Å²) in [6.07, 6.45) is 5.14. The molecule has 0 saturated heterocycles. The highest BCUT2D eigenvalue weighted by atomic mass is 16.4. The van der Waals surface area contributed by atoms with Gasteiger partial charge >= 0.3 is 11.9 Å². The fourth-order valence-electron chi connectivity index (χ4n) is 5.19. The number of amides is 1. The van der Waals surface area contributed by atoms with Gasteiger partial charge in [-0.3, -0.25) is 9.59 Å². The number of hydrogen-bond acceptors (Lipinski definition) is 7. The maximum Gasteiger partial charge on any atom is 0.326 e. The third-order valence-corrected chi connectivity index (χ3v) is 6.87. The molecule has 0 aliphatic heterocycles. The predicted octanol–water partition coefficient (Wildman–Crippen LogP) is 1.91. The minimum Gasteiger partial charge on any atom is -0.481 e. The Morgan fingerprint density at radius 1 is 1.09 bits per heavy atom. The third-order valence-electron chi connectivity index (χ3n) is 6.87. The summed E-state index contributed by atoms with van der Waals surface area (Å²) >= 11 is 0. The van der Waals surface area contributed by atoms with E-state index in [1.54, 1.807) is 6.07 Å². The van der Waals surface area contributed by atoms with Crippen LogP contribution in [0.3, 0.4) is 0 Å². The molecule has 1 heterocycles. The topological polar surface area (TPSA) is 182 Å². The number of hydrogen-bond donors (Lipinski definition) is 5. The molecule has 3 atom stereocenters. The minimum absolute atomic E-state index is 0.171. The van der Waals surface area contributed by atoms with Crippen molar-refractivity contribution in [1.29, 1.82) is 0 Å². The molecule has 0 radical (unpaired) electrons. The molecule has 1 aromatic heterocycles. The molecule has 0 bridgehead atoms. The summed E-state index contributed by atoms with van der Waals surface area (Å²) in [6, 6.07) is 4.20. The van der Waals surface area contributed by atoms with E-state index in [0.29, 0.717) is 23.2 Å². The number of nitrogen functional groups attached to an aromatic ring is 2. The number of fused-ring (bicyclic) bond motifs is 2. The number of benzene rings is 1. The number of nitrogens with one attached hydrogen (secondary N) is 1. The van der Waals surface area contributed by atoms with Gasteiger partial charge < -0.3 is 27.0 Å². The van der Waals surface area contributed by atoms with Crippen LogP contribution in [0.1, 0.15) is 70.8 Å². The average Bonchev–Trinajstić information content (AvgIpc) is 3.37. The van der Waals surface area contributed by atoms with Crippen molar-refractivity contribution >= 4 is 29.6 Å². The summed E-state index contributed by atoms with van der Waals surface area (Å²) in [6.45, 7) is 0. The Bertz CT molecular complexity index is 1130. The van der Waals surface area contributed by atoms with E-state index in [1.807, 2.05) is 12.1 Å². The number of aromatic nitrogens is 2. The summed E-state index contributed by atoms with van der Waals surface area (Å²) in [5.41, 5.74) is 16.5. The van der Waals surface area contributed by atoms with Gasteiger partial charge in [-0.25, -0.2) is 9.78 Å². The van der Waals surface area contributed by atoms with Crippen LogP contribution in [0.5, 0.6) is 0 Å². The largest absolute Gasteiger partial charge is 0.481 e. The Morgan fingerprint density at radius 2 is 1.85 bits per heavy atom. The molecule has 10 heteroatoms. The highest BCUT2D eigenvalue weighted by Crippen LogP contribution is 2.40. The number of nitrogens with two attached hydrogens (primary N) is 2. The van der Waals surface area contributed by atoms with E-state index in [4.69, 9.17) is 16.6 Å². The van der Waals surface area contributed by atoms with Crippen molar-refractivity contribution in [2.45, 2.75) is 63.3 Å². The van der Waals surface area contributed by atoms with Gasteiger partial charge in [0.2, 0.25) is 5.95 Å². The number of carbonyl (C=O) groups excluding carboxylic acids is 1. The summed E-state index contributed by atoms with van der Waals surface area (Å²) in [4.78, 5) is 43.2. The number of rotatable bonds is 9. The van der Waals surface area contributed by atoms with Crippen molar-refractivity contribution in [3.8, 4) is 0 Å². The Balaban J connectivity index is 1.35. The normalized spacial score (nSPS) is 19.3. The van der Waals surface area contributed by atoms with Crippen molar-refractivity contribution in [3.05, 3.63) is 46.1 Å². The molecule has 2 aromatic rings. The molecule has 10 nitrogen and oxygen atoms in total. The Labute approximate surface area is 196 Å². The van der Waals surface area contributed by atoms with Crippen molar-refractivity contribution in [2.24, 2.45) is 5.92 Å². The first-order chi connectivity index (χ1) is 16.2. The Kier molecular flexibility index (Phi) is 6.67. The summed E-state index contributed by atoms with van der Waals surface area (Å²) in [5.74, 6) is -1.38.